The number of ether oxygens (including phenoxy) is 2. The fourth-order valence-corrected chi connectivity index (χ4v) is 2.70. The lowest BCUT2D eigenvalue weighted by Crippen LogP contribution is -2.18. The molecule has 1 aromatic heterocycles. The van der Waals surface area contributed by atoms with E-state index in [2.05, 4.69) is 4.98 Å². The molecule has 0 aliphatic rings. The van der Waals surface area contributed by atoms with Crippen molar-refractivity contribution < 1.29 is 19.1 Å². The summed E-state index contributed by atoms with van der Waals surface area (Å²) in [5.74, 6) is -0.00902. The third kappa shape index (κ3) is 4.48. The molecule has 0 N–H and O–H groups in total. The number of fused-ring (bicyclic) bond motifs is 1. The van der Waals surface area contributed by atoms with Gasteiger partial charge in [-0.3, -0.25) is 4.79 Å². The number of thioether (sulfide) groups is 1. The maximum absolute atomic E-state index is 12.4. The Balaban J connectivity index is 2.26. The molecule has 6 nitrogen and oxygen atoms in total. The van der Waals surface area contributed by atoms with Crippen molar-refractivity contribution in [3.63, 3.8) is 0 Å². The Kier molecular flexibility index (Phi) is 6.04. The van der Waals surface area contributed by atoms with Crippen LogP contribution in [0.4, 0.5) is 4.79 Å². The Bertz CT molecular complexity index is 696. The SMILES string of the molecule is CCOC(=O)CSc1nc2ccccc2n1C(=O)OCC(C)C. The summed E-state index contributed by atoms with van der Waals surface area (Å²) in [4.78, 5) is 28.3. The second-order valence-corrected chi connectivity index (χ2v) is 6.23. The predicted molar refractivity (Wildman–Crippen MR) is 88.7 cm³/mol. The highest BCUT2D eigenvalue weighted by Gasteiger charge is 2.19. The highest BCUT2D eigenvalue weighted by atomic mass is 32.2. The Morgan fingerprint density at radius 1 is 1.26 bits per heavy atom. The van der Waals surface area contributed by atoms with Gasteiger partial charge in [0.25, 0.3) is 0 Å². The molecule has 0 bridgehead atoms. The van der Waals surface area contributed by atoms with E-state index in [-0.39, 0.29) is 17.6 Å². The number of benzene rings is 1. The first-order chi connectivity index (χ1) is 11.0. The first kappa shape index (κ1) is 17.3. The summed E-state index contributed by atoms with van der Waals surface area (Å²) in [6.45, 7) is 6.34. The van der Waals surface area contributed by atoms with Gasteiger partial charge in [0.05, 0.1) is 30.0 Å². The molecule has 0 fully saturated rings. The van der Waals surface area contributed by atoms with Gasteiger partial charge in [0, 0.05) is 0 Å². The number of nitrogens with zero attached hydrogens (tertiary/aromatic N) is 2. The number of hydrogen-bond donors (Lipinski definition) is 0. The van der Waals surface area contributed by atoms with Crippen LogP contribution in [0.3, 0.4) is 0 Å². The predicted octanol–water partition coefficient (Wildman–Crippen LogP) is 3.33. The summed E-state index contributed by atoms with van der Waals surface area (Å²) in [5, 5.41) is 0.424. The van der Waals surface area contributed by atoms with E-state index >= 15 is 0 Å². The lowest BCUT2D eigenvalue weighted by atomic mass is 10.2. The zero-order valence-corrected chi connectivity index (χ0v) is 14.3. The summed E-state index contributed by atoms with van der Waals surface area (Å²) in [6, 6.07) is 7.29. The molecule has 0 atom stereocenters. The van der Waals surface area contributed by atoms with Crippen LogP contribution in [0.25, 0.3) is 11.0 Å². The number of aromatic nitrogens is 2. The van der Waals surface area contributed by atoms with E-state index in [1.54, 1.807) is 13.0 Å². The minimum absolute atomic E-state index is 0.0919. The molecule has 0 unspecified atom stereocenters. The number of para-hydroxylation sites is 2. The Morgan fingerprint density at radius 2 is 2.00 bits per heavy atom. The number of imidazole rings is 1. The molecule has 2 rings (SSSR count). The van der Waals surface area contributed by atoms with Crippen molar-refractivity contribution >= 4 is 34.9 Å². The van der Waals surface area contributed by atoms with Crippen molar-refractivity contribution in [2.75, 3.05) is 19.0 Å². The number of rotatable bonds is 6. The third-order valence-electron chi connectivity index (χ3n) is 2.88. The van der Waals surface area contributed by atoms with E-state index in [1.165, 1.54) is 4.57 Å². The fourth-order valence-electron chi connectivity index (χ4n) is 1.91. The molecule has 2 aromatic rings. The summed E-state index contributed by atoms with van der Waals surface area (Å²) in [7, 11) is 0. The molecule has 0 amide bonds. The lowest BCUT2D eigenvalue weighted by Gasteiger charge is -2.10. The van der Waals surface area contributed by atoms with Gasteiger partial charge in [0.15, 0.2) is 5.16 Å². The van der Waals surface area contributed by atoms with Crippen LogP contribution in [0, 0.1) is 5.92 Å². The zero-order valence-electron chi connectivity index (χ0n) is 13.4. The van der Waals surface area contributed by atoms with Crippen molar-refractivity contribution in [2.45, 2.75) is 25.9 Å². The van der Waals surface area contributed by atoms with Crippen molar-refractivity contribution in [3.8, 4) is 0 Å². The van der Waals surface area contributed by atoms with Gasteiger partial charge in [-0.05, 0) is 25.0 Å². The molecule has 124 valence electrons. The van der Waals surface area contributed by atoms with Crippen LogP contribution in [0.15, 0.2) is 29.4 Å². The zero-order chi connectivity index (χ0) is 16.8. The topological polar surface area (TPSA) is 70.4 Å². The Morgan fingerprint density at radius 3 is 2.70 bits per heavy atom. The van der Waals surface area contributed by atoms with Gasteiger partial charge in [-0.1, -0.05) is 37.7 Å². The van der Waals surface area contributed by atoms with Crippen LogP contribution in [-0.4, -0.2) is 40.6 Å². The highest BCUT2D eigenvalue weighted by molar-refractivity contribution is 7.99. The summed E-state index contributed by atoms with van der Waals surface area (Å²) in [6.07, 6.45) is -0.487. The first-order valence-electron chi connectivity index (χ1n) is 7.46. The molecule has 0 spiro atoms. The average Bonchev–Trinajstić information content (AvgIpc) is 2.89. The van der Waals surface area contributed by atoms with E-state index < -0.39 is 6.09 Å². The largest absolute Gasteiger partial charge is 0.465 e. The standard InChI is InChI=1S/C16H20N2O4S/c1-4-21-14(19)10-23-15-17-12-7-5-6-8-13(12)18(15)16(20)22-9-11(2)3/h5-8,11H,4,9-10H2,1-3H3. The molecule has 0 aliphatic carbocycles. The van der Waals surface area contributed by atoms with Crippen molar-refractivity contribution in [1.82, 2.24) is 9.55 Å². The summed E-state index contributed by atoms with van der Waals surface area (Å²) >= 11 is 1.16. The fraction of sp³-hybridized carbons (Fsp3) is 0.438. The van der Waals surface area contributed by atoms with Crippen molar-refractivity contribution in [3.05, 3.63) is 24.3 Å². The minimum atomic E-state index is -0.487. The highest BCUT2D eigenvalue weighted by Crippen LogP contribution is 2.24. The van der Waals surface area contributed by atoms with Crippen LogP contribution in [0.1, 0.15) is 20.8 Å². The van der Waals surface area contributed by atoms with Crippen LogP contribution < -0.4 is 0 Å². The van der Waals surface area contributed by atoms with Gasteiger partial charge in [-0.25, -0.2) is 14.3 Å². The quantitative estimate of drug-likeness (QED) is 0.595. The molecule has 1 aromatic carbocycles. The van der Waals surface area contributed by atoms with E-state index in [9.17, 15) is 9.59 Å². The van der Waals surface area contributed by atoms with Crippen LogP contribution in [0.5, 0.6) is 0 Å². The van der Waals surface area contributed by atoms with Crippen LogP contribution in [0.2, 0.25) is 0 Å². The molecule has 0 radical (unpaired) electrons. The van der Waals surface area contributed by atoms with Gasteiger partial charge >= 0.3 is 12.1 Å². The van der Waals surface area contributed by atoms with E-state index in [0.29, 0.717) is 29.4 Å². The molecule has 0 saturated heterocycles. The smallest absolute Gasteiger partial charge is 0.420 e. The molecular formula is C16H20N2O4S. The van der Waals surface area contributed by atoms with Crippen LogP contribution >= 0.6 is 11.8 Å². The van der Waals surface area contributed by atoms with Gasteiger partial charge in [-0.15, -0.1) is 0 Å². The maximum atomic E-state index is 12.4. The molecule has 0 saturated carbocycles. The number of carbonyl (C=O) groups is 2. The Hall–Kier alpha value is -2.02. The lowest BCUT2D eigenvalue weighted by molar-refractivity contribution is -0.139. The van der Waals surface area contributed by atoms with Crippen molar-refractivity contribution in [1.29, 1.82) is 0 Å². The number of esters is 1. The van der Waals surface area contributed by atoms with Crippen LogP contribution in [-0.2, 0) is 14.3 Å². The maximum Gasteiger partial charge on any atom is 0.420 e. The normalized spacial score (nSPS) is 11.0. The molecule has 1 heterocycles. The van der Waals surface area contributed by atoms with Gasteiger partial charge in [0.1, 0.15) is 0 Å². The van der Waals surface area contributed by atoms with E-state index in [1.807, 2.05) is 32.0 Å². The van der Waals surface area contributed by atoms with Crippen molar-refractivity contribution in [2.24, 2.45) is 5.92 Å². The van der Waals surface area contributed by atoms with E-state index in [0.717, 1.165) is 11.8 Å². The molecule has 7 heteroatoms. The average molecular weight is 336 g/mol. The van der Waals surface area contributed by atoms with Gasteiger partial charge in [0.2, 0.25) is 0 Å². The number of hydrogen-bond acceptors (Lipinski definition) is 6. The molecule has 23 heavy (non-hydrogen) atoms. The third-order valence-corrected chi connectivity index (χ3v) is 3.79. The second kappa shape index (κ2) is 8.01. The summed E-state index contributed by atoms with van der Waals surface area (Å²) < 4.78 is 11.6. The second-order valence-electron chi connectivity index (χ2n) is 5.28. The van der Waals surface area contributed by atoms with Gasteiger partial charge in [-0.2, -0.15) is 0 Å². The molecular weight excluding hydrogens is 316 g/mol. The van der Waals surface area contributed by atoms with E-state index in [4.69, 9.17) is 9.47 Å². The molecule has 0 aliphatic heterocycles. The Labute approximate surface area is 139 Å². The number of carbonyl (C=O) groups excluding carboxylic acids is 2. The first-order valence-corrected chi connectivity index (χ1v) is 8.44. The monoisotopic (exact) mass is 336 g/mol. The minimum Gasteiger partial charge on any atom is -0.465 e. The summed E-state index contributed by atoms with van der Waals surface area (Å²) in [5.41, 5.74) is 1.34. The van der Waals surface area contributed by atoms with Gasteiger partial charge < -0.3 is 9.47 Å².